The standard InChI is InChI=1S/C39H32Cl4N2O14/c1-39(2)33-19(9-21(40)37(55)35(33)42)32(20-10-22(41)38(56)36(43)34(20)39)18-11-27(24(12-26(18)59-17-46)45(15-30(51)52)16-31(53)54)58-8-7-57-25-6-4-3-5-23(25)44(13-28(47)48)14-29(49)50/h3-6,9-12,17,55H,7-8,13-16H2,1-2H3,(H,47,48)(H,49,50)(H,51,52)(H,53,54). The molecule has 59 heavy (non-hydrogen) atoms. The Morgan fingerprint density at radius 1 is 0.746 bits per heavy atom. The zero-order valence-corrected chi connectivity index (χ0v) is 33.8. The number of aliphatic carboxylic acids is 4. The average molecular weight is 894 g/mol. The van der Waals surface area contributed by atoms with Crippen molar-refractivity contribution in [1.29, 1.82) is 0 Å². The van der Waals surface area contributed by atoms with Gasteiger partial charge >= 0.3 is 23.9 Å². The molecule has 0 radical (unpaired) electrons. The van der Waals surface area contributed by atoms with Gasteiger partial charge in [0.2, 0.25) is 5.78 Å². The van der Waals surface area contributed by atoms with Crippen molar-refractivity contribution in [3.63, 3.8) is 0 Å². The Bertz CT molecular complexity index is 2360. The minimum absolute atomic E-state index is 0.0207. The second kappa shape index (κ2) is 17.9. The zero-order valence-electron chi connectivity index (χ0n) is 30.8. The number of aromatic hydroxyl groups is 1. The molecule has 3 aromatic carbocycles. The third kappa shape index (κ3) is 9.20. The molecular formula is C39H32Cl4N2O14. The highest BCUT2D eigenvalue weighted by Gasteiger charge is 2.45. The lowest BCUT2D eigenvalue weighted by molar-refractivity contribution is -0.138. The number of anilines is 2. The first-order chi connectivity index (χ1) is 27.8. The predicted octanol–water partition coefficient (Wildman–Crippen LogP) is 5.93. The van der Waals surface area contributed by atoms with E-state index in [0.717, 1.165) is 15.9 Å². The van der Waals surface area contributed by atoms with Crippen LogP contribution in [0.2, 0.25) is 10.0 Å². The number of Topliss-reactive ketones (excluding diaryl/α,β-unsaturated/α-hetero) is 1. The number of hydrogen-bond acceptors (Lipinski definition) is 12. The number of fused-ring (bicyclic) bond motifs is 2. The second-order valence-corrected chi connectivity index (χ2v) is 14.9. The van der Waals surface area contributed by atoms with Gasteiger partial charge in [-0.2, -0.15) is 0 Å². The number of rotatable bonds is 18. The number of hydrogen-bond donors (Lipinski definition) is 5. The fourth-order valence-corrected chi connectivity index (χ4v) is 8.28. The van der Waals surface area contributed by atoms with Crippen LogP contribution in [0.25, 0.3) is 5.57 Å². The monoisotopic (exact) mass is 892 g/mol. The molecule has 0 atom stereocenters. The van der Waals surface area contributed by atoms with Crippen molar-refractivity contribution in [2.45, 2.75) is 19.3 Å². The van der Waals surface area contributed by atoms with Gasteiger partial charge in [0.05, 0.1) is 31.5 Å². The highest BCUT2D eigenvalue weighted by Crippen LogP contribution is 2.58. The smallest absolute Gasteiger partial charge is 0.323 e. The largest absolute Gasteiger partial charge is 0.505 e. The fourth-order valence-electron chi connectivity index (χ4n) is 6.89. The summed E-state index contributed by atoms with van der Waals surface area (Å²) in [7, 11) is 0. The number of phenolic OH excluding ortho intramolecular Hbond substituents is 1. The summed E-state index contributed by atoms with van der Waals surface area (Å²) in [4.78, 5) is 74.3. The van der Waals surface area contributed by atoms with Gasteiger partial charge in [0, 0.05) is 22.6 Å². The number of phenols is 1. The third-order valence-electron chi connectivity index (χ3n) is 9.11. The number of benzene rings is 3. The maximum Gasteiger partial charge on any atom is 0.323 e. The van der Waals surface area contributed by atoms with Crippen molar-refractivity contribution in [3.8, 4) is 23.0 Å². The number of carboxylic acid groups (broad SMARTS) is 4. The van der Waals surface area contributed by atoms with E-state index in [1.54, 1.807) is 26.0 Å². The van der Waals surface area contributed by atoms with E-state index in [1.165, 1.54) is 30.3 Å². The number of halogens is 4. The van der Waals surface area contributed by atoms with Crippen LogP contribution in [-0.2, 0) is 34.2 Å². The number of carboxylic acids is 4. The molecule has 3 aromatic rings. The van der Waals surface area contributed by atoms with Gasteiger partial charge in [0.1, 0.15) is 56.6 Å². The highest BCUT2D eigenvalue weighted by atomic mass is 35.5. The van der Waals surface area contributed by atoms with Crippen LogP contribution in [-0.4, -0.2) is 101 Å². The summed E-state index contributed by atoms with van der Waals surface area (Å²) in [5, 5.41) is 48.2. The lowest BCUT2D eigenvalue weighted by atomic mass is 9.64. The zero-order chi connectivity index (χ0) is 43.5. The normalized spacial score (nSPS) is 14.1. The summed E-state index contributed by atoms with van der Waals surface area (Å²) in [5.74, 6) is -7.01. The first-order valence-electron chi connectivity index (χ1n) is 17.1. The molecule has 0 spiro atoms. The predicted molar refractivity (Wildman–Crippen MR) is 215 cm³/mol. The van der Waals surface area contributed by atoms with Gasteiger partial charge in [-0.25, -0.2) is 0 Å². The van der Waals surface area contributed by atoms with E-state index in [0.29, 0.717) is 0 Å². The first kappa shape index (κ1) is 44.2. The average Bonchev–Trinajstić information content (AvgIpc) is 3.13. The van der Waals surface area contributed by atoms with Crippen molar-refractivity contribution in [2.24, 2.45) is 0 Å². The van der Waals surface area contributed by atoms with Crippen LogP contribution in [0.3, 0.4) is 0 Å². The molecule has 5 rings (SSSR count). The van der Waals surface area contributed by atoms with Crippen LogP contribution in [0.5, 0.6) is 23.0 Å². The molecule has 2 aliphatic carbocycles. The molecular weight excluding hydrogens is 862 g/mol. The second-order valence-electron chi connectivity index (χ2n) is 13.3. The van der Waals surface area contributed by atoms with Gasteiger partial charge < -0.3 is 49.5 Å². The van der Waals surface area contributed by atoms with Crippen molar-refractivity contribution < 1.29 is 68.5 Å². The Labute approximate surface area is 354 Å². The van der Waals surface area contributed by atoms with E-state index in [-0.39, 0.29) is 102 Å². The first-order valence-corrected chi connectivity index (χ1v) is 18.6. The van der Waals surface area contributed by atoms with E-state index >= 15 is 0 Å². The highest BCUT2D eigenvalue weighted by molar-refractivity contribution is 6.56. The van der Waals surface area contributed by atoms with Crippen LogP contribution >= 0.6 is 46.4 Å². The van der Waals surface area contributed by atoms with Crippen molar-refractivity contribution in [3.05, 3.63) is 96.5 Å². The summed E-state index contributed by atoms with van der Waals surface area (Å²) in [6.45, 7) is -0.259. The molecule has 16 nitrogen and oxygen atoms in total. The number of allylic oxidation sites excluding steroid dienone is 5. The molecule has 0 heterocycles. The minimum atomic E-state index is -1.43. The minimum Gasteiger partial charge on any atom is -0.505 e. The molecule has 20 heteroatoms. The van der Waals surface area contributed by atoms with Gasteiger partial charge in [-0.15, -0.1) is 0 Å². The molecule has 0 unspecified atom stereocenters. The Balaban J connectivity index is 1.72. The van der Waals surface area contributed by atoms with Gasteiger partial charge in [-0.05, 0) is 52.6 Å². The quantitative estimate of drug-likeness (QED) is 0.0734. The maximum absolute atomic E-state index is 13.2. The summed E-state index contributed by atoms with van der Waals surface area (Å²) < 4.78 is 17.5. The molecule has 0 fully saturated rings. The molecule has 2 aliphatic rings. The van der Waals surface area contributed by atoms with Gasteiger partial charge in [0.15, 0.2) is 5.75 Å². The lowest BCUT2D eigenvalue weighted by Crippen LogP contribution is -2.35. The van der Waals surface area contributed by atoms with Crippen molar-refractivity contribution >= 4 is 99.5 Å². The molecule has 0 saturated heterocycles. The Morgan fingerprint density at radius 2 is 1.29 bits per heavy atom. The van der Waals surface area contributed by atoms with E-state index in [4.69, 9.17) is 60.6 Å². The summed E-state index contributed by atoms with van der Waals surface area (Å²) in [6, 6.07) is 9.90. The molecule has 0 bridgehead atoms. The Morgan fingerprint density at radius 3 is 1.85 bits per heavy atom. The maximum atomic E-state index is 13.2. The van der Waals surface area contributed by atoms with E-state index in [9.17, 15) is 54.3 Å². The molecule has 0 amide bonds. The van der Waals surface area contributed by atoms with Gasteiger partial charge in [-0.1, -0.05) is 72.4 Å². The van der Waals surface area contributed by atoms with Crippen LogP contribution in [0.1, 0.15) is 30.5 Å². The van der Waals surface area contributed by atoms with Crippen LogP contribution in [0.15, 0.2) is 69.8 Å². The molecule has 0 aliphatic heterocycles. The van der Waals surface area contributed by atoms with Crippen molar-refractivity contribution in [2.75, 3.05) is 49.2 Å². The summed E-state index contributed by atoms with van der Waals surface area (Å²) >= 11 is 26.3. The van der Waals surface area contributed by atoms with E-state index in [2.05, 4.69) is 0 Å². The van der Waals surface area contributed by atoms with Crippen LogP contribution < -0.4 is 24.0 Å². The van der Waals surface area contributed by atoms with Gasteiger partial charge in [-0.3, -0.25) is 28.8 Å². The van der Waals surface area contributed by atoms with E-state index in [1.807, 2.05) is 0 Å². The molecule has 0 saturated carbocycles. The molecule has 310 valence electrons. The fraction of sp³-hybridized carbons (Fsp3) is 0.231. The number of carbonyl (C=O) groups is 6. The number of ketones is 1. The Kier molecular flexibility index (Phi) is 13.4. The number of ether oxygens (including phenoxy) is 3. The third-order valence-corrected chi connectivity index (χ3v) is 10.4. The Hall–Kier alpha value is -5.94. The van der Waals surface area contributed by atoms with Crippen LogP contribution in [0, 0.1) is 0 Å². The number of carbonyl (C=O) groups excluding carboxylic acids is 2. The molecule has 5 N–H and O–H groups in total. The van der Waals surface area contributed by atoms with Gasteiger partial charge in [0.25, 0.3) is 6.47 Å². The van der Waals surface area contributed by atoms with E-state index < -0.39 is 67.0 Å². The summed E-state index contributed by atoms with van der Waals surface area (Å²) in [6.07, 6.45) is 1.34. The number of para-hydroxylation sites is 2. The van der Waals surface area contributed by atoms with Crippen molar-refractivity contribution in [1.82, 2.24) is 0 Å². The SMILES string of the molecule is CC1(C)C2=C(Cl)C(=O)C(Cl)=CC2=C(c2cc(OCCOc3ccccc3N(CC(=O)O)CC(=O)O)c(N(CC(=O)O)CC(=O)O)cc2OC=O)c2cc(Cl)c(O)c(Cl)c21. The lowest BCUT2D eigenvalue weighted by Gasteiger charge is -2.40. The topological polar surface area (TPSA) is 238 Å². The van der Waals surface area contributed by atoms with Crippen LogP contribution in [0.4, 0.5) is 11.4 Å². The number of nitrogens with zero attached hydrogens (tertiary/aromatic N) is 2. The molecule has 0 aromatic heterocycles. The summed E-state index contributed by atoms with van der Waals surface area (Å²) in [5.41, 5.74) is -0.0883.